The van der Waals surface area contributed by atoms with E-state index in [-0.39, 0.29) is 11.9 Å². The van der Waals surface area contributed by atoms with E-state index < -0.39 is 0 Å². The number of carbonyl (C=O) groups excluding carboxylic acids is 1. The smallest absolute Gasteiger partial charge is 0.251 e. The molecule has 2 rings (SSSR count). The number of hydrogen-bond acceptors (Lipinski definition) is 5. The van der Waals surface area contributed by atoms with Crippen molar-refractivity contribution >= 4 is 17.3 Å². The maximum absolute atomic E-state index is 11.9. The van der Waals surface area contributed by atoms with Crippen molar-refractivity contribution < 1.29 is 9.21 Å². The lowest BCUT2D eigenvalue weighted by Gasteiger charge is -2.15. The van der Waals surface area contributed by atoms with Crippen LogP contribution in [0.25, 0.3) is 0 Å². The van der Waals surface area contributed by atoms with Crippen molar-refractivity contribution in [2.24, 2.45) is 0 Å². The summed E-state index contributed by atoms with van der Waals surface area (Å²) >= 11 is 0. The molecule has 2 aromatic rings. The van der Waals surface area contributed by atoms with Crippen LogP contribution >= 0.6 is 0 Å². The topological polar surface area (TPSA) is 93.2 Å². The van der Waals surface area contributed by atoms with Gasteiger partial charge < -0.3 is 20.8 Å². The number of anilines is 2. The highest BCUT2D eigenvalue weighted by molar-refractivity contribution is 5.96. The summed E-state index contributed by atoms with van der Waals surface area (Å²) in [7, 11) is 0. The lowest BCUT2D eigenvalue weighted by Crippen LogP contribution is -2.22. The molecule has 6 nitrogen and oxygen atoms in total. The highest BCUT2D eigenvalue weighted by Gasteiger charge is 2.14. The molecule has 0 aliphatic rings. The number of hydrogen-bond donors (Lipinski definition) is 3. The summed E-state index contributed by atoms with van der Waals surface area (Å²) in [5.74, 6) is 1.21. The summed E-state index contributed by atoms with van der Waals surface area (Å²) in [6, 6.07) is 4.99. The summed E-state index contributed by atoms with van der Waals surface area (Å²) in [5.41, 5.74) is 7.76. The number of aryl methyl sites for hydroxylation is 1. The maximum Gasteiger partial charge on any atom is 0.251 e. The van der Waals surface area contributed by atoms with Crippen LogP contribution in [0.4, 0.5) is 11.4 Å². The largest absolute Gasteiger partial charge is 0.444 e. The average molecular weight is 288 g/mol. The van der Waals surface area contributed by atoms with Crippen molar-refractivity contribution in [3.05, 3.63) is 41.6 Å². The van der Waals surface area contributed by atoms with Gasteiger partial charge in [0.15, 0.2) is 0 Å². The lowest BCUT2D eigenvalue weighted by atomic mass is 10.1. The van der Waals surface area contributed by atoms with Crippen molar-refractivity contribution in [1.82, 2.24) is 10.3 Å². The standard InChI is InChI=1S/C15H20N4O2/c1-4-17-14(20)11-5-6-12(16)13(7-11)19-10(3)15-18-8-9(2)21-15/h5-8,10,19H,4,16H2,1-3H3,(H,17,20). The van der Waals surface area contributed by atoms with Gasteiger partial charge in [0.25, 0.3) is 5.91 Å². The summed E-state index contributed by atoms with van der Waals surface area (Å²) in [5, 5.41) is 5.97. The number of rotatable bonds is 5. The van der Waals surface area contributed by atoms with Crippen LogP contribution in [0.2, 0.25) is 0 Å². The average Bonchev–Trinajstić information content (AvgIpc) is 2.88. The van der Waals surface area contributed by atoms with E-state index in [4.69, 9.17) is 10.2 Å². The van der Waals surface area contributed by atoms with Crippen LogP contribution in [0.3, 0.4) is 0 Å². The summed E-state index contributed by atoms with van der Waals surface area (Å²) in [6.07, 6.45) is 1.67. The molecule has 0 fully saturated rings. The summed E-state index contributed by atoms with van der Waals surface area (Å²) in [6.45, 7) is 6.22. The van der Waals surface area contributed by atoms with E-state index in [1.165, 1.54) is 0 Å². The first-order valence-corrected chi connectivity index (χ1v) is 6.87. The Morgan fingerprint density at radius 1 is 1.48 bits per heavy atom. The molecule has 0 aliphatic heterocycles. The molecule has 0 bridgehead atoms. The maximum atomic E-state index is 11.9. The van der Waals surface area contributed by atoms with Crippen LogP contribution in [0.5, 0.6) is 0 Å². The fourth-order valence-corrected chi connectivity index (χ4v) is 1.95. The molecule has 6 heteroatoms. The molecule has 1 aromatic heterocycles. The zero-order valence-electron chi connectivity index (χ0n) is 12.4. The van der Waals surface area contributed by atoms with Gasteiger partial charge in [0.05, 0.1) is 17.6 Å². The van der Waals surface area contributed by atoms with Gasteiger partial charge >= 0.3 is 0 Å². The Labute approximate surface area is 123 Å². The first-order valence-electron chi connectivity index (χ1n) is 6.87. The molecular weight excluding hydrogens is 268 g/mol. The molecule has 21 heavy (non-hydrogen) atoms. The monoisotopic (exact) mass is 288 g/mol. The van der Waals surface area contributed by atoms with E-state index in [9.17, 15) is 4.79 Å². The summed E-state index contributed by atoms with van der Waals surface area (Å²) < 4.78 is 5.48. The molecule has 112 valence electrons. The molecule has 1 unspecified atom stereocenters. The Hall–Kier alpha value is -2.50. The van der Waals surface area contributed by atoms with Crippen molar-refractivity contribution in [3.63, 3.8) is 0 Å². The molecule has 0 saturated carbocycles. The van der Waals surface area contributed by atoms with Crippen molar-refractivity contribution in [1.29, 1.82) is 0 Å². The molecule has 0 spiro atoms. The van der Waals surface area contributed by atoms with Crippen LogP contribution in [-0.4, -0.2) is 17.4 Å². The Morgan fingerprint density at radius 3 is 2.86 bits per heavy atom. The molecule has 4 N–H and O–H groups in total. The third-order valence-electron chi connectivity index (χ3n) is 3.03. The highest BCUT2D eigenvalue weighted by Crippen LogP contribution is 2.25. The molecule has 0 saturated heterocycles. The SMILES string of the molecule is CCNC(=O)c1ccc(N)c(NC(C)c2ncc(C)o2)c1. The van der Waals surface area contributed by atoms with Gasteiger partial charge in [-0.05, 0) is 39.0 Å². The van der Waals surface area contributed by atoms with E-state index in [2.05, 4.69) is 15.6 Å². The number of amides is 1. The van der Waals surface area contributed by atoms with E-state index in [1.807, 2.05) is 20.8 Å². The van der Waals surface area contributed by atoms with Gasteiger partial charge in [0.1, 0.15) is 11.8 Å². The number of nitrogen functional groups attached to an aromatic ring is 1. The van der Waals surface area contributed by atoms with E-state index in [1.54, 1.807) is 24.4 Å². The minimum Gasteiger partial charge on any atom is -0.444 e. The van der Waals surface area contributed by atoms with E-state index >= 15 is 0 Å². The van der Waals surface area contributed by atoms with Crippen molar-refractivity contribution in [3.8, 4) is 0 Å². The molecule has 1 amide bonds. The second-order valence-corrected chi connectivity index (χ2v) is 4.84. The molecular formula is C15H20N4O2. The van der Waals surface area contributed by atoms with Crippen LogP contribution in [0.15, 0.2) is 28.8 Å². The zero-order chi connectivity index (χ0) is 15.4. The zero-order valence-corrected chi connectivity index (χ0v) is 12.4. The third-order valence-corrected chi connectivity index (χ3v) is 3.03. The van der Waals surface area contributed by atoms with Gasteiger partial charge in [-0.1, -0.05) is 0 Å². The minimum atomic E-state index is -0.148. The van der Waals surface area contributed by atoms with Gasteiger partial charge in [0, 0.05) is 12.1 Å². The predicted molar refractivity (Wildman–Crippen MR) is 82.1 cm³/mol. The number of oxazole rings is 1. The van der Waals surface area contributed by atoms with Crippen molar-refractivity contribution in [2.45, 2.75) is 26.8 Å². The molecule has 0 radical (unpaired) electrons. The first kappa shape index (κ1) is 14.9. The number of aromatic nitrogens is 1. The number of benzene rings is 1. The normalized spacial score (nSPS) is 12.0. The Bertz CT molecular complexity index is 636. The Balaban J connectivity index is 2.19. The molecule has 1 atom stereocenters. The van der Waals surface area contributed by atoms with Gasteiger partial charge in [-0.2, -0.15) is 0 Å². The van der Waals surface area contributed by atoms with Crippen LogP contribution < -0.4 is 16.4 Å². The minimum absolute atomic E-state index is 0.125. The second kappa shape index (κ2) is 6.30. The van der Waals surface area contributed by atoms with Crippen LogP contribution in [0.1, 0.15) is 41.9 Å². The fraction of sp³-hybridized carbons (Fsp3) is 0.333. The number of nitrogens with one attached hydrogen (secondary N) is 2. The van der Waals surface area contributed by atoms with Gasteiger partial charge in [0.2, 0.25) is 5.89 Å². The van der Waals surface area contributed by atoms with Crippen molar-refractivity contribution in [2.75, 3.05) is 17.6 Å². The van der Waals surface area contributed by atoms with Crippen LogP contribution in [0, 0.1) is 6.92 Å². The second-order valence-electron chi connectivity index (χ2n) is 4.84. The number of nitrogens with two attached hydrogens (primary N) is 1. The van der Waals surface area contributed by atoms with Crippen LogP contribution in [-0.2, 0) is 0 Å². The fourth-order valence-electron chi connectivity index (χ4n) is 1.95. The predicted octanol–water partition coefficient (Wildman–Crippen LogP) is 2.49. The third kappa shape index (κ3) is 3.53. The summed E-state index contributed by atoms with van der Waals surface area (Å²) in [4.78, 5) is 16.0. The number of carbonyl (C=O) groups is 1. The van der Waals surface area contributed by atoms with Gasteiger partial charge in [-0.15, -0.1) is 0 Å². The Kier molecular flexibility index (Phi) is 4.47. The Morgan fingerprint density at radius 2 is 2.24 bits per heavy atom. The van der Waals surface area contributed by atoms with Gasteiger partial charge in [-0.25, -0.2) is 4.98 Å². The molecule has 1 heterocycles. The lowest BCUT2D eigenvalue weighted by molar-refractivity contribution is 0.0956. The first-order chi connectivity index (χ1) is 10.0. The van der Waals surface area contributed by atoms with E-state index in [0.717, 1.165) is 5.76 Å². The molecule has 1 aromatic carbocycles. The quantitative estimate of drug-likeness (QED) is 0.735. The molecule has 0 aliphatic carbocycles. The van der Waals surface area contributed by atoms with E-state index in [0.29, 0.717) is 29.4 Å². The number of nitrogens with zero attached hydrogens (tertiary/aromatic N) is 1. The van der Waals surface area contributed by atoms with Gasteiger partial charge in [-0.3, -0.25) is 4.79 Å². The highest BCUT2D eigenvalue weighted by atomic mass is 16.4.